The number of nitrogens with zero attached hydrogens (tertiary/aromatic N) is 2. The first-order valence-electron chi connectivity index (χ1n) is 7.23. The molecule has 0 N–H and O–H groups in total. The predicted octanol–water partition coefficient (Wildman–Crippen LogP) is 5.63. The van der Waals surface area contributed by atoms with Crippen LogP contribution in [-0.4, -0.2) is 22.6 Å². The highest BCUT2D eigenvalue weighted by Crippen LogP contribution is 2.29. The molecular weight excluding hydrogens is 412 g/mol. The molecule has 124 valence electrons. The van der Waals surface area contributed by atoms with Gasteiger partial charge in [-0.15, -0.1) is 10.2 Å². The van der Waals surface area contributed by atoms with Crippen molar-refractivity contribution in [3.63, 3.8) is 0 Å². The van der Waals surface area contributed by atoms with Gasteiger partial charge in [-0.05, 0) is 52.7 Å². The van der Waals surface area contributed by atoms with Gasteiger partial charge in [0.25, 0.3) is 5.22 Å². The molecule has 0 saturated carbocycles. The molecule has 1 aromatic heterocycles. The molecule has 0 unspecified atom stereocenters. The molecule has 24 heavy (non-hydrogen) atoms. The van der Waals surface area contributed by atoms with Gasteiger partial charge in [-0.2, -0.15) is 0 Å². The fourth-order valence-electron chi connectivity index (χ4n) is 2.06. The predicted molar refractivity (Wildman–Crippen MR) is 99.8 cm³/mol. The minimum absolute atomic E-state index is 0.521. The Hall–Kier alpha value is -1.50. The third-order valence-electron chi connectivity index (χ3n) is 3.24. The largest absolute Gasteiger partial charge is 0.492 e. The van der Waals surface area contributed by atoms with Crippen LogP contribution in [0.15, 0.2) is 56.6 Å². The maximum atomic E-state index is 5.90. The number of aryl methyl sites for hydroxylation is 1. The van der Waals surface area contributed by atoms with Crippen LogP contribution >= 0.6 is 39.3 Å². The number of aromatic nitrogens is 2. The molecule has 1 heterocycles. The van der Waals surface area contributed by atoms with E-state index in [-0.39, 0.29) is 0 Å². The minimum atomic E-state index is 0.521. The zero-order valence-corrected chi connectivity index (χ0v) is 16.0. The molecule has 0 fully saturated rings. The molecule has 2 aromatic carbocycles. The molecule has 3 rings (SSSR count). The minimum Gasteiger partial charge on any atom is -0.492 e. The highest BCUT2D eigenvalue weighted by Gasteiger charge is 2.11. The van der Waals surface area contributed by atoms with E-state index in [4.69, 9.17) is 20.8 Å². The summed E-state index contributed by atoms with van der Waals surface area (Å²) >= 11 is 10.8. The van der Waals surface area contributed by atoms with Gasteiger partial charge in [-0.25, -0.2) is 0 Å². The van der Waals surface area contributed by atoms with E-state index in [1.54, 1.807) is 12.1 Å². The normalized spacial score (nSPS) is 10.8. The first kappa shape index (κ1) is 17.3. The van der Waals surface area contributed by atoms with Gasteiger partial charge in [0.1, 0.15) is 5.75 Å². The van der Waals surface area contributed by atoms with Crippen LogP contribution < -0.4 is 4.74 Å². The monoisotopic (exact) mass is 424 g/mol. The molecule has 0 aliphatic heterocycles. The summed E-state index contributed by atoms with van der Waals surface area (Å²) in [7, 11) is 0. The van der Waals surface area contributed by atoms with Crippen LogP contribution in [0.4, 0.5) is 0 Å². The maximum Gasteiger partial charge on any atom is 0.276 e. The number of benzene rings is 2. The smallest absolute Gasteiger partial charge is 0.276 e. The van der Waals surface area contributed by atoms with Crippen LogP contribution in [0.3, 0.4) is 0 Å². The number of ether oxygens (including phenoxy) is 1. The van der Waals surface area contributed by atoms with Crippen LogP contribution in [0, 0.1) is 6.92 Å². The quantitative estimate of drug-likeness (QED) is 0.378. The van der Waals surface area contributed by atoms with Crippen LogP contribution in [0.2, 0.25) is 5.02 Å². The molecule has 0 atom stereocenters. The van der Waals surface area contributed by atoms with Crippen molar-refractivity contribution >= 4 is 39.3 Å². The molecule has 0 amide bonds. The van der Waals surface area contributed by atoms with Crippen molar-refractivity contribution in [1.82, 2.24) is 10.2 Å². The first-order valence-corrected chi connectivity index (χ1v) is 9.39. The Bertz CT molecular complexity index is 841. The van der Waals surface area contributed by atoms with Crippen molar-refractivity contribution in [2.75, 3.05) is 12.4 Å². The van der Waals surface area contributed by atoms with Crippen molar-refractivity contribution in [2.24, 2.45) is 0 Å². The summed E-state index contributed by atoms with van der Waals surface area (Å²) < 4.78 is 12.2. The Morgan fingerprint density at radius 3 is 2.83 bits per heavy atom. The second-order valence-corrected chi connectivity index (χ2v) is 7.30. The topological polar surface area (TPSA) is 48.2 Å². The van der Waals surface area contributed by atoms with Gasteiger partial charge in [0.05, 0.1) is 11.1 Å². The zero-order valence-electron chi connectivity index (χ0n) is 12.8. The second kappa shape index (κ2) is 8.05. The second-order valence-electron chi connectivity index (χ2n) is 4.96. The van der Waals surface area contributed by atoms with Gasteiger partial charge in [-0.1, -0.05) is 41.6 Å². The summed E-state index contributed by atoms with van der Waals surface area (Å²) in [5.74, 6) is 1.99. The molecule has 0 aliphatic rings. The number of rotatable bonds is 6. The van der Waals surface area contributed by atoms with E-state index in [9.17, 15) is 0 Å². The van der Waals surface area contributed by atoms with E-state index in [2.05, 4.69) is 26.1 Å². The number of hydrogen-bond donors (Lipinski definition) is 0. The third kappa shape index (κ3) is 4.32. The standard InChI is InChI=1S/C17H14BrClN2O2S/c1-11-4-2-3-5-13(11)16-20-21-17(23-16)24-9-8-22-15-7-6-12(19)10-14(15)18/h2-7,10H,8-9H2,1H3. The summed E-state index contributed by atoms with van der Waals surface area (Å²) in [6.45, 7) is 2.54. The van der Waals surface area contributed by atoms with Gasteiger partial charge in [-0.3, -0.25) is 0 Å². The van der Waals surface area contributed by atoms with E-state index in [0.717, 1.165) is 21.3 Å². The Morgan fingerprint density at radius 2 is 2.04 bits per heavy atom. The summed E-state index contributed by atoms with van der Waals surface area (Å²) in [6, 6.07) is 13.4. The van der Waals surface area contributed by atoms with Crippen LogP contribution in [0.5, 0.6) is 5.75 Å². The molecule has 4 nitrogen and oxygen atoms in total. The molecule has 0 bridgehead atoms. The van der Waals surface area contributed by atoms with E-state index >= 15 is 0 Å². The number of hydrogen-bond acceptors (Lipinski definition) is 5. The van der Waals surface area contributed by atoms with Crippen molar-refractivity contribution in [3.05, 3.63) is 57.5 Å². The number of thioether (sulfide) groups is 1. The average molecular weight is 426 g/mol. The Balaban J connectivity index is 1.54. The summed E-state index contributed by atoms with van der Waals surface area (Å²) in [6.07, 6.45) is 0. The van der Waals surface area contributed by atoms with Gasteiger partial charge >= 0.3 is 0 Å². The van der Waals surface area contributed by atoms with E-state index in [0.29, 0.717) is 28.5 Å². The lowest BCUT2D eigenvalue weighted by Crippen LogP contribution is -2.00. The average Bonchev–Trinajstić information content (AvgIpc) is 3.02. The van der Waals surface area contributed by atoms with Crippen molar-refractivity contribution in [3.8, 4) is 17.2 Å². The fraction of sp³-hybridized carbons (Fsp3) is 0.176. The SMILES string of the molecule is Cc1ccccc1-c1nnc(SCCOc2ccc(Cl)cc2Br)o1. The molecule has 0 aliphatic carbocycles. The van der Waals surface area contributed by atoms with Crippen LogP contribution in [0.25, 0.3) is 11.5 Å². The van der Waals surface area contributed by atoms with Crippen molar-refractivity contribution in [2.45, 2.75) is 12.1 Å². The molecule has 7 heteroatoms. The third-order valence-corrected chi connectivity index (χ3v) is 4.88. The first-order chi connectivity index (χ1) is 11.6. The lowest BCUT2D eigenvalue weighted by atomic mass is 10.1. The Kier molecular flexibility index (Phi) is 5.81. The van der Waals surface area contributed by atoms with Gasteiger partial charge in [0, 0.05) is 16.3 Å². The number of halogens is 2. The molecule has 3 aromatic rings. The summed E-state index contributed by atoms with van der Waals surface area (Å²) in [4.78, 5) is 0. The van der Waals surface area contributed by atoms with Gasteiger partial charge in [0.15, 0.2) is 0 Å². The highest BCUT2D eigenvalue weighted by molar-refractivity contribution is 9.10. The van der Waals surface area contributed by atoms with Gasteiger partial charge < -0.3 is 9.15 Å². The van der Waals surface area contributed by atoms with E-state index < -0.39 is 0 Å². The molecular formula is C17H14BrClN2O2S. The van der Waals surface area contributed by atoms with E-state index in [1.165, 1.54) is 11.8 Å². The Labute approximate surface area is 157 Å². The summed E-state index contributed by atoms with van der Waals surface area (Å²) in [5, 5.41) is 9.38. The zero-order chi connectivity index (χ0) is 16.9. The lowest BCUT2D eigenvalue weighted by Gasteiger charge is -2.07. The summed E-state index contributed by atoms with van der Waals surface area (Å²) in [5.41, 5.74) is 2.06. The van der Waals surface area contributed by atoms with E-state index in [1.807, 2.05) is 37.3 Å². The molecule has 0 saturated heterocycles. The lowest BCUT2D eigenvalue weighted by molar-refractivity contribution is 0.341. The van der Waals surface area contributed by atoms with Crippen molar-refractivity contribution < 1.29 is 9.15 Å². The highest BCUT2D eigenvalue weighted by atomic mass is 79.9. The fourth-order valence-corrected chi connectivity index (χ4v) is 3.44. The van der Waals surface area contributed by atoms with Gasteiger partial charge in [0.2, 0.25) is 5.89 Å². The van der Waals surface area contributed by atoms with Crippen LogP contribution in [-0.2, 0) is 0 Å². The Morgan fingerprint density at radius 1 is 1.21 bits per heavy atom. The van der Waals surface area contributed by atoms with Crippen LogP contribution in [0.1, 0.15) is 5.56 Å². The molecule has 0 radical (unpaired) electrons. The maximum absolute atomic E-state index is 5.90. The van der Waals surface area contributed by atoms with Crippen molar-refractivity contribution in [1.29, 1.82) is 0 Å². The molecule has 0 spiro atoms.